The Hall–Kier alpha value is -1.36. The monoisotopic (exact) mass is 251 g/mol. The summed E-state index contributed by atoms with van der Waals surface area (Å²) < 4.78 is 6.94. The summed E-state index contributed by atoms with van der Waals surface area (Å²) in [6, 6.07) is 0.161. The Kier molecular flexibility index (Phi) is 4.36. The molecule has 2 rings (SSSR count). The second-order valence-electron chi connectivity index (χ2n) is 4.75. The number of esters is 1. The van der Waals surface area contributed by atoms with E-state index in [1.165, 1.54) is 25.7 Å². The molecule has 1 unspecified atom stereocenters. The fourth-order valence-corrected chi connectivity index (χ4v) is 2.81. The summed E-state index contributed by atoms with van der Waals surface area (Å²) in [5.74, 6) is 0.240. The third kappa shape index (κ3) is 2.56. The highest BCUT2D eigenvalue weighted by molar-refractivity contribution is 5.87. The lowest BCUT2D eigenvalue weighted by molar-refractivity contribution is 0.0509. The summed E-state index contributed by atoms with van der Waals surface area (Å²) in [7, 11) is 0. The number of nitrogens with zero attached hydrogens (tertiary/aromatic N) is 2. The van der Waals surface area contributed by atoms with Gasteiger partial charge in [-0.05, 0) is 25.7 Å². The van der Waals surface area contributed by atoms with Gasteiger partial charge in [0.1, 0.15) is 5.69 Å². The van der Waals surface area contributed by atoms with Crippen LogP contribution in [0.15, 0.2) is 12.5 Å². The second-order valence-corrected chi connectivity index (χ2v) is 4.75. The van der Waals surface area contributed by atoms with Gasteiger partial charge in [-0.3, -0.25) is 0 Å². The number of carbonyl (C=O) groups excluding carboxylic acids is 1. The van der Waals surface area contributed by atoms with Crippen LogP contribution in [0.3, 0.4) is 0 Å². The van der Waals surface area contributed by atoms with Gasteiger partial charge in [0, 0.05) is 6.54 Å². The maximum Gasteiger partial charge on any atom is 0.356 e. The molecule has 5 heteroatoms. The molecule has 0 aliphatic heterocycles. The molecule has 1 atom stereocenters. The standard InChI is InChI=1S/C13H21N3O2/c1-2-18-13(17)12-8-15-9-16(12)11(7-14)10-5-3-4-6-10/h8-11H,2-7,14H2,1H3. The lowest BCUT2D eigenvalue weighted by Gasteiger charge is -2.24. The van der Waals surface area contributed by atoms with E-state index in [2.05, 4.69) is 4.98 Å². The molecule has 2 N–H and O–H groups in total. The first-order valence-electron chi connectivity index (χ1n) is 6.67. The minimum Gasteiger partial charge on any atom is -0.461 e. The van der Waals surface area contributed by atoms with Gasteiger partial charge in [-0.1, -0.05) is 12.8 Å². The largest absolute Gasteiger partial charge is 0.461 e. The van der Waals surface area contributed by atoms with Crippen LogP contribution in [0.2, 0.25) is 0 Å². The predicted molar refractivity (Wildman–Crippen MR) is 68.2 cm³/mol. The van der Waals surface area contributed by atoms with Crippen LogP contribution in [-0.4, -0.2) is 28.7 Å². The number of hydrogen-bond acceptors (Lipinski definition) is 4. The van der Waals surface area contributed by atoms with Gasteiger partial charge in [0.25, 0.3) is 0 Å². The van der Waals surface area contributed by atoms with E-state index >= 15 is 0 Å². The van der Waals surface area contributed by atoms with Crippen molar-refractivity contribution in [2.75, 3.05) is 13.2 Å². The summed E-state index contributed by atoms with van der Waals surface area (Å²) in [6.45, 7) is 2.71. The highest BCUT2D eigenvalue weighted by atomic mass is 16.5. The normalized spacial score (nSPS) is 17.9. The van der Waals surface area contributed by atoms with E-state index in [4.69, 9.17) is 10.5 Å². The van der Waals surface area contributed by atoms with E-state index in [1.807, 2.05) is 4.57 Å². The summed E-state index contributed by atoms with van der Waals surface area (Å²) in [5.41, 5.74) is 6.40. The Morgan fingerprint density at radius 2 is 2.33 bits per heavy atom. The molecule has 0 aromatic carbocycles. The highest BCUT2D eigenvalue weighted by Gasteiger charge is 2.28. The molecule has 5 nitrogen and oxygen atoms in total. The zero-order valence-corrected chi connectivity index (χ0v) is 10.8. The molecule has 0 bridgehead atoms. The van der Waals surface area contributed by atoms with Crippen LogP contribution in [0.25, 0.3) is 0 Å². The third-order valence-electron chi connectivity index (χ3n) is 3.69. The maximum atomic E-state index is 11.8. The van der Waals surface area contributed by atoms with Crippen molar-refractivity contribution in [3.63, 3.8) is 0 Å². The van der Waals surface area contributed by atoms with Crippen molar-refractivity contribution in [3.05, 3.63) is 18.2 Å². The van der Waals surface area contributed by atoms with Gasteiger partial charge in [-0.25, -0.2) is 9.78 Å². The fraction of sp³-hybridized carbons (Fsp3) is 0.692. The van der Waals surface area contributed by atoms with E-state index in [-0.39, 0.29) is 12.0 Å². The lowest BCUT2D eigenvalue weighted by atomic mass is 9.98. The molecule has 0 saturated heterocycles. The smallest absolute Gasteiger partial charge is 0.356 e. The first kappa shape index (κ1) is 13.1. The van der Waals surface area contributed by atoms with Crippen molar-refractivity contribution in [1.82, 2.24) is 9.55 Å². The van der Waals surface area contributed by atoms with Crippen molar-refractivity contribution in [3.8, 4) is 0 Å². The Labute approximate surface area is 107 Å². The van der Waals surface area contributed by atoms with Crippen molar-refractivity contribution >= 4 is 5.97 Å². The molecule has 1 aliphatic rings. The van der Waals surface area contributed by atoms with Crippen LogP contribution in [0.1, 0.15) is 49.1 Å². The molecule has 1 fully saturated rings. The highest BCUT2D eigenvalue weighted by Crippen LogP contribution is 2.34. The summed E-state index contributed by atoms with van der Waals surface area (Å²) in [5, 5.41) is 0. The minimum atomic E-state index is -0.313. The molecule has 1 saturated carbocycles. The van der Waals surface area contributed by atoms with E-state index in [1.54, 1.807) is 19.4 Å². The Bertz CT molecular complexity index is 397. The summed E-state index contributed by atoms with van der Waals surface area (Å²) in [6.07, 6.45) is 8.14. The van der Waals surface area contributed by atoms with Gasteiger partial charge < -0.3 is 15.0 Å². The quantitative estimate of drug-likeness (QED) is 0.809. The number of nitrogens with two attached hydrogens (primary N) is 1. The van der Waals surface area contributed by atoms with Gasteiger partial charge in [-0.15, -0.1) is 0 Å². The Morgan fingerprint density at radius 1 is 1.61 bits per heavy atom. The van der Waals surface area contributed by atoms with Crippen molar-refractivity contribution in [2.45, 2.75) is 38.6 Å². The number of carbonyl (C=O) groups is 1. The summed E-state index contributed by atoms with van der Waals surface area (Å²) in [4.78, 5) is 15.9. The van der Waals surface area contributed by atoms with E-state index in [9.17, 15) is 4.79 Å². The number of ether oxygens (including phenoxy) is 1. The average molecular weight is 251 g/mol. The lowest BCUT2D eigenvalue weighted by Crippen LogP contribution is -2.28. The summed E-state index contributed by atoms with van der Waals surface area (Å²) >= 11 is 0. The molecule has 100 valence electrons. The first-order chi connectivity index (χ1) is 8.77. The molecular weight excluding hydrogens is 230 g/mol. The molecule has 1 aliphatic carbocycles. The number of imidazole rings is 1. The van der Waals surface area contributed by atoms with Gasteiger partial charge in [0.2, 0.25) is 0 Å². The van der Waals surface area contributed by atoms with Gasteiger partial charge in [0.05, 0.1) is 25.2 Å². The van der Waals surface area contributed by atoms with E-state index < -0.39 is 0 Å². The van der Waals surface area contributed by atoms with Crippen LogP contribution in [0.4, 0.5) is 0 Å². The zero-order valence-electron chi connectivity index (χ0n) is 10.8. The topological polar surface area (TPSA) is 70.1 Å². The number of rotatable bonds is 5. The molecule has 0 spiro atoms. The van der Waals surface area contributed by atoms with Crippen molar-refractivity contribution in [2.24, 2.45) is 11.7 Å². The number of aromatic nitrogens is 2. The van der Waals surface area contributed by atoms with Gasteiger partial charge in [0.15, 0.2) is 0 Å². The number of hydrogen-bond donors (Lipinski definition) is 1. The Morgan fingerprint density at radius 3 is 2.94 bits per heavy atom. The van der Waals surface area contributed by atoms with Crippen LogP contribution in [0, 0.1) is 5.92 Å². The molecule has 0 amide bonds. The minimum absolute atomic E-state index is 0.161. The molecule has 18 heavy (non-hydrogen) atoms. The first-order valence-corrected chi connectivity index (χ1v) is 6.67. The van der Waals surface area contributed by atoms with Crippen molar-refractivity contribution < 1.29 is 9.53 Å². The molecule has 1 aromatic heterocycles. The average Bonchev–Trinajstić information content (AvgIpc) is 3.01. The Balaban J connectivity index is 2.20. The predicted octanol–water partition coefficient (Wildman–Crippen LogP) is 1.75. The molecule has 0 radical (unpaired) electrons. The van der Waals surface area contributed by atoms with Crippen LogP contribution < -0.4 is 5.73 Å². The SMILES string of the molecule is CCOC(=O)c1cncn1C(CN)C1CCCC1. The fourth-order valence-electron chi connectivity index (χ4n) is 2.81. The van der Waals surface area contributed by atoms with E-state index in [0.717, 1.165) is 0 Å². The van der Waals surface area contributed by atoms with Crippen LogP contribution in [-0.2, 0) is 4.74 Å². The maximum absolute atomic E-state index is 11.8. The van der Waals surface area contributed by atoms with Gasteiger partial charge >= 0.3 is 5.97 Å². The van der Waals surface area contributed by atoms with Gasteiger partial charge in [-0.2, -0.15) is 0 Å². The van der Waals surface area contributed by atoms with Crippen LogP contribution >= 0.6 is 0 Å². The molecule has 1 aromatic rings. The molecular formula is C13H21N3O2. The second kappa shape index (κ2) is 6.00. The van der Waals surface area contributed by atoms with Crippen LogP contribution in [0.5, 0.6) is 0 Å². The van der Waals surface area contributed by atoms with E-state index in [0.29, 0.717) is 24.8 Å². The third-order valence-corrected chi connectivity index (χ3v) is 3.69. The molecule has 1 heterocycles. The zero-order chi connectivity index (χ0) is 13.0. The van der Waals surface area contributed by atoms with Crippen molar-refractivity contribution in [1.29, 1.82) is 0 Å².